The van der Waals surface area contributed by atoms with Crippen LogP contribution in [0.1, 0.15) is 0 Å². The molecule has 6 nitrogen and oxygen atoms in total. The molecule has 0 aliphatic rings. The van der Waals surface area contributed by atoms with Crippen LogP contribution in [0.4, 0.5) is 0 Å². The Balaban J connectivity index is 2.31. The van der Waals surface area contributed by atoms with Crippen molar-refractivity contribution in [2.75, 3.05) is 0 Å². The molecule has 82 valence electrons. The quantitative estimate of drug-likeness (QED) is 0.330. The number of rotatable bonds is 1. The lowest BCUT2D eigenvalue weighted by atomic mass is 10.2. The second kappa shape index (κ2) is 4.03. The standard InChI is InChI=1S/C10H7NO5/c11-16-10(13)9(12)15-8-3-1-2-7-6(8)4-5-14-7/h1-5H,11H2. The molecular formula is C10H7NO5. The van der Waals surface area contributed by atoms with Gasteiger partial charge in [0.1, 0.15) is 11.3 Å². The van der Waals surface area contributed by atoms with Gasteiger partial charge in [-0.25, -0.2) is 9.59 Å². The number of ether oxygens (including phenoxy) is 1. The maximum atomic E-state index is 11.1. The van der Waals surface area contributed by atoms with Gasteiger partial charge < -0.3 is 14.0 Å². The van der Waals surface area contributed by atoms with E-state index in [4.69, 9.17) is 9.15 Å². The molecular weight excluding hydrogens is 214 g/mol. The Kier molecular flexibility index (Phi) is 2.57. The number of furan rings is 1. The van der Waals surface area contributed by atoms with E-state index in [9.17, 15) is 9.59 Å². The molecule has 0 bridgehead atoms. The largest absolute Gasteiger partial charge is 0.464 e. The van der Waals surface area contributed by atoms with E-state index in [0.717, 1.165) is 0 Å². The van der Waals surface area contributed by atoms with E-state index in [1.165, 1.54) is 12.3 Å². The lowest BCUT2D eigenvalue weighted by Gasteiger charge is -2.02. The summed E-state index contributed by atoms with van der Waals surface area (Å²) in [6.07, 6.45) is 1.45. The third-order valence-corrected chi connectivity index (χ3v) is 1.93. The summed E-state index contributed by atoms with van der Waals surface area (Å²) in [5, 5.41) is 0.584. The maximum absolute atomic E-state index is 11.1. The molecule has 2 N–H and O–H groups in total. The average molecular weight is 221 g/mol. The summed E-state index contributed by atoms with van der Waals surface area (Å²) in [6.45, 7) is 0. The summed E-state index contributed by atoms with van der Waals surface area (Å²) in [7, 11) is 0. The van der Waals surface area contributed by atoms with Crippen LogP contribution >= 0.6 is 0 Å². The highest BCUT2D eigenvalue weighted by atomic mass is 16.7. The second-order valence-electron chi connectivity index (χ2n) is 2.88. The maximum Gasteiger partial charge on any atom is 0.436 e. The highest BCUT2D eigenvalue weighted by Gasteiger charge is 2.18. The Hall–Kier alpha value is -2.34. The molecule has 0 unspecified atom stereocenters. The molecule has 1 aromatic heterocycles. The molecule has 0 atom stereocenters. The van der Waals surface area contributed by atoms with Crippen molar-refractivity contribution in [2.24, 2.45) is 5.90 Å². The Morgan fingerprint density at radius 2 is 2.00 bits per heavy atom. The lowest BCUT2D eigenvalue weighted by Crippen LogP contribution is -2.25. The van der Waals surface area contributed by atoms with Crippen LogP contribution in [0.5, 0.6) is 5.75 Å². The molecule has 0 amide bonds. The highest BCUT2D eigenvalue weighted by molar-refractivity contribution is 6.30. The number of hydrogen-bond donors (Lipinski definition) is 1. The van der Waals surface area contributed by atoms with Gasteiger partial charge in [0.05, 0.1) is 11.6 Å². The Morgan fingerprint density at radius 1 is 1.19 bits per heavy atom. The molecule has 0 aliphatic carbocycles. The number of carbonyl (C=O) groups is 2. The molecule has 0 saturated carbocycles. The first-order valence-electron chi connectivity index (χ1n) is 4.31. The molecule has 2 rings (SSSR count). The minimum Gasteiger partial charge on any atom is -0.464 e. The highest BCUT2D eigenvalue weighted by Crippen LogP contribution is 2.26. The number of hydrogen-bond acceptors (Lipinski definition) is 6. The van der Waals surface area contributed by atoms with Gasteiger partial charge in [0, 0.05) is 0 Å². The lowest BCUT2D eigenvalue weighted by molar-refractivity contribution is -0.162. The molecule has 0 spiro atoms. The van der Waals surface area contributed by atoms with Crippen molar-refractivity contribution in [3.05, 3.63) is 30.5 Å². The van der Waals surface area contributed by atoms with Gasteiger partial charge in [0.15, 0.2) is 0 Å². The number of nitrogens with two attached hydrogens (primary N) is 1. The predicted octanol–water partition coefficient (Wildman–Crippen LogP) is 0.755. The Labute approximate surface area is 89.5 Å². The van der Waals surface area contributed by atoms with Crippen LogP contribution in [-0.2, 0) is 14.4 Å². The van der Waals surface area contributed by atoms with Crippen LogP contribution in [0.3, 0.4) is 0 Å². The SMILES string of the molecule is NOC(=O)C(=O)Oc1cccc2occc12. The number of fused-ring (bicyclic) bond motifs is 1. The van der Waals surface area contributed by atoms with Crippen LogP contribution in [-0.4, -0.2) is 11.9 Å². The first-order chi connectivity index (χ1) is 7.72. The van der Waals surface area contributed by atoms with Crippen molar-refractivity contribution in [2.45, 2.75) is 0 Å². The van der Waals surface area contributed by atoms with Crippen molar-refractivity contribution < 1.29 is 23.6 Å². The fourth-order valence-electron chi connectivity index (χ4n) is 1.24. The normalized spacial score (nSPS) is 10.1. The van der Waals surface area contributed by atoms with Crippen molar-refractivity contribution in [3.8, 4) is 5.75 Å². The van der Waals surface area contributed by atoms with Gasteiger partial charge in [-0.2, -0.15) is 5.90 Å². The molecule has 0 fully saturated rings. The molecule has 6 heteroatoms. The van der Waals surface area contributed by atoms with Gasteiger partial charge in [-0.15, -0.1) is 0 Å². The van der Waals surface area contributed by atoms with E-state index in [2.05, 4.69) is 10.7 Å². The van der Waals surface area contributed by atoms with Crippen LogP contribution in [0.2, 0.25) is 0 Å². The fourth-order valence-corrected chi connectivity index (χ4v) is 1.24. The summed E-state index contributed by atoms with van der Waals surface area (Å²) < 4.78 is 9.88. The number of esters is 1. The molecule has 2 aromatic rings. The monoisotopic (exact) mass is 221 g/mol. The minimum atomic E-state index is -1.26. The number of carbonyl (C=O) groups excluding carboxylic acids is 2. The van der Waals surface area contributed by atoms with Gasteiger partial charge in [-0.05, 0) is 18.2 Å². The van der Waals surface area contributed by atoms with Crippen molar-refractivity contribution in [3.63, 3.8) is 0 Å². The van der Waals surface area contributed by atoms with E-state index in [-0.39, 0.29) is 5.75 Å². The van der Waals surface area contributed by atoms with E-state index in [1.54, 1.807) is 18.2 Å². The van der Waals surface area contributed by atoms with Crippen LogP contribution in [0.25, 0.3) is 11.0 Å². The molecule has 1 aromatic carbocycles. The van der Waals surface area contributed by atoms with Crippen molar-refractivity contribution >= 4 is 22.9 Å². The summed E-state index contributed by atoms with van der Waals surface area (Å²) in [4.78, 5) is 25.6. The molecule has 0 saturated heterocycles. The molecule has 0 aliphatic heterocycles. The smallest absolute Gasteiger partial charge is 0.436 e. The first-order valence-corrected chi connectivity index (χ1v) is 4.31. The average Bonchev–Trinajstić information content (AvgIpc) is 2.77. The zero-order valence-electron chi connectivity index (χ0n) is 8.01. The van der Waals surface area contributed by atoms with E-state index >= 15 is 0 Å². The van der Waals surface area contributed by atoms with Gasteiger partial charge >= 0.3 is 11.9 Å². The van der Waals surface area contributed by atoms with E-state index in [1.807, 2.05) is 0 Å². The second-order valence-corrected chi connectivity index (χ2v) is 2.88. The zero-order chi connectivity index (χ0) is 11.5. The molecule has 1 heterocycles. The van der Waals surface area contributed by atoms with E-state index in [0.29, 0.717) is 11.0 Å². The Bertz CT molecular complexity index is 545. The van der Waals surface area contributed by atoms with Gasteiger partial charge in [-0.1, -0.05) is 6.07 Å². The van der Waals surface area contributed by atoms with Crippen LogP contribution in [0.15, 0.2) is 34.9 Å². The zero-order valence-corrected chi connectivity index (χ0v) is 8.01. The molecule has 0 radical (unpaired) electrons. The summed E-state index contributed by atoms with van der Waals surface area (Å²) in [6, 6.07) is 6.47. The van der Waals surface area contributed by atoms with Crippen LogP contribution in [0, 0.1) is 0 Å². The van der Waals surface area contributed by atoms with Crippen LogP contribution < -0.4 is 10.6 Å². The third kappa shape index (κ3) is 1.73. The van der Waals surface area contributed by atoms with Crippen molar-refractivity contribution in [1.29, 1.82) is 0 Å². The Morgan fingerprint density at radius 3 is 2.75 bits per heavy atom. The topological polar surface area (TPSA) is 91.8 Å². The van der Waals surface area contributed by atoms with E-state index < -0.39 is 11.9 Å². The summed E-state index contributed by atoms with van der Waals surface area (Å²) >= 11 is 0. The first kappa shape index (κ1) is 10.2. The molecule has 16 heavy (non-hydrogen) atoms. The minimum absolute atomic E-state index is 0.210. The van der Waals surface area contributed by atoms with Gasteiger partial charge in [-0.3, -0.25) is 0 Å². The van der Waals surface area contributed by atoms with Gasteiger partial charge in [0.25, 0.3) is 0 Å². The van der Waals surface area contributed by atoms with Crippen molar-refractivity contribution in [1.82, 2.24) is 0 Å². The summed E-state index contributed by atoms with van der Waals surface area (Å²) in [5.74, 6) is 2.31. The predicted molar refractivity (Wildman–Crippen MR) is 52.1 cm³/mol. The number of benzene rings is 1. The third-order valence-electron chi connectivity index (χ3n) is 1.93. The fraction of sp³-hybridized carbons (Fsp3) is 0. The summed E-state index contributed by atoms with van der Waals surface area (Å²) in [5.41, 5.74) is 0.548. The van der Waals surface area contributed by atoms with Gasteiger partial charge in [0.2, 0.25) is 0 Å².